The molecule has 0 bridgehead atoms. The van der Waals surface area contributed by atoms with Gasteiger partial charge in [0.2, 0.25) is 0 Å². The molecule has 0 saturated carbocycles. The fraction of sp³-hybridized carbons (Fsp3) is 0.111. The highest BCUT2D eigenvalue weighted by atomic mass is 16.1. The van der Waals surface area contributed by atoms with Crippen LogP contribution >= 0.6 is 0 Å². The summed E-state index contributed by atoms with van der Waals surface area (Å²) < 4.78 is 0. The molecule has 0 radical (unpaired) electrons. The molecular formula is C27H24N2O2. The number of benzene rings is 3. The predicted molar refractivity (Wildman–Crippen MR) is 123 cm³/mol. The van der Waals surface area contributed by atoms with E-state index in [1.165, 1.54) is 0 Å². The minimum absolute atomic E-state index is 0.0506. The minimum Gasteiger partial charge on any atom is -0.366 e. The first kappa shape index (κ1) is 20.4. The summed E-state index contributed by atoms with van der Waals surface area (Å²) >= 11 is 0. The van der Waals surface area contributed by atoms with Gasteiger partial charge in [0.05, 0.1) is 6.54 Å². The average molecular weight is 409 g/mol. The molecule has 1 N–H and O–H groups in total. The van der Waals surface area contributed by atoms with Crippen molar-refractivity contribution in [2.24, 2.45) is 0 Å². The van der Waals surface area contributed by atoms with E-state index in [-0.39, 0.29) is 18.2 Å². The van der Waals surface area contributed by atoms with E-state index in [1.807, 2.05) is 90.0 Å². The molecule has 0 aliphatic carbocycles. The Morgan fingerprint density at radius 1 is 0.806 bits per heavy atom. The van der Waals surface area contributed by atoms with Gasteiger partial charge in [-0.15, -0.1) is 0 Å². The summed E-state index contributed by atoms with van der Waals surface area (Å²) in [5, 5.41) is 2.92. The fourth-order valence-corrected chi connectivity index (χ4v) is 3.45. The molecule has 4 nitrogen and oxygen atoms in total. The minimum atomic E-state index is -0.109. The second-order valence-corrected chi connectivity index (χ2v) is 7.44. The number of ketones is 1. The second kappa shape index (κ2) is 9.72. The van der Waals surface area contributed by atoms with E-state index in [4.69, 9.17) is 0 Å². The van der Waals surface area contributed by atoms with E-state index in [2.05, 4.69) is 17.4 Å². The maximum absolute atomic E-state index is 12.7. The normalized spacial score (nSPS) is 12.9. The van der Waals surface area contributed by atoms with Crippen LogP contribution in [0, 0.1) is 0 Å². The molecule has 4 heteroatoms. The number of hydrogen-bond donors (Lipinski definition) is 1. The van der Waals surface area contributed by atoms with Crippen molar-refractivity contribution < 1.29 is 9.59 Å². The summed E-state index contributed by atoms with van der Waals surface area (Å²) in [6, 6.07) is 27.6. The first-order valence-electron chi connectivity index (χ1n) is 10.3. The predicted octanol–water partition coefficient (Wildman–Crippen LogP) is 4.61. The van der Waals surface area contributed by atoms with Crippen molar-refractivity contribution in [3.05, 3.63) is 120 Å². The van der Waals surface area contributed by atoms with Gasteiger partial charge in [-0.25, -0.2) is 0 Å². The molecule has 0 atom stereocenters. The molecular weight excluding hydrogens is 384 g/mol. The van der Waals surface area contributed by atoms with Gasteiger partial charge in [-0.3, -0.25) is 9.59 Å². The zero-order valence-electron chi connectivity index (χ0n) is 17.2. The van der Waals surface area contributed by atoms with Crippen LogP contribution < -0.4 is 5.32 Å². The molecule has 1 aliphatic rings. The van der Waals surface area contributed by atoms with Gasteiger partial charge >= 0.3 is 0 Å². The molecule has 1 aliphatic heterocycles. The molecule has 0 unspecified atom stereocenters. The van der Waals surface area contributed by atoms with E-state index in [1.54, 1.807) is 6.08 Å². The van der Waals surface area contributed by atoms with Crippen LogP contribution in [0.5, 0.6) is 0 Å². The van der Waals surface area contributed by atoms with Gasteiger partial charge in [0.1, 0.15) is 0 Å². The maximum atomic E-state index is 12.7. The quantitative estimate of drug-likeness (QED) is 0.581. The van der Waals surface area contributed by atoms with E-state index in [0.717, 1.165) is 16.7 Å². The lowest BCUT2D eigenvalue weighted by Gasteiger charge is -2.21. The van der Waals surface area contributed by atoms with E-state index < -0.39 is 0 Å². The number of carbonyl (C=O) groups excluding carboxylic acids is 2. The Hall–Kier alpha value is -3.92. The van der Waals surface area contributed by atoms with Crippen LogP contribution in [0.1, 0.15) is 15.9 Å². The molecule has 0 spiro atoms. The highest BCUT2D eigenvalue weighted by Gasteiger charge is 2.15. The summed E-state index contributed by atoms with van der Waals surface area (Å²) in [6.45, 7) is 1.29. The standard InChI is InChI=1S/C27H24N2O2/c30-26(24-13-11-23(12-14-24)22-9-5-2-6-10-22)20-29-17-15-25(16-18-29)27(31)28-19-21-7-3-1-4-8-21/h1-17H,18-20H2,(H,28,31). The maximum Gasteiger partial charge on any atom is 0.251 e. The van der Waals surface area contributed by atoms with Crippen LogP contribution in [0.15, 0.2) is 109 Å². The Bertz CT molecular complexity index is 1100. The lowest BCUT2D eigenvalue weighted by Crippen LogP contribution is -2.30. The Morgan fingerprint density at radius 3 is 2.10 bits per heavy atom. The summed E-state index contributed by atoms with van der Waals surface area (Å²) in [5.41, 5.74) is 4.57. The highest BCUT2D eigenvalue weighted by Crippen LogP contribution is 2.19. The van der Waals surface area contributed by atoms with E-state index in [0.29, 0.717) is 24.2 Å². The average Bonchev–Trinajstić information content (AvgIpc) is 2.84. The number of Topliss-reactive ketones (excluding diaryl/α,β-unsaturated/α-hetero) is 1. The molecule has 3 aromatic carbocycles. The van der Waals surface area contributed by atoms with Crippen molar-refractivity contribution >= 4 is 11.7 Å². The molecule has 154 valence electrons. The lowest BCUT2D eigenvalue weighted by molar-refractivity contribution is -0.117. The third kappa shape index (κ3) is 5.37. The first-order chi connectivity index (χ1) is 15.2. The van der Waals surface area contributed by atoms with Crippen molar-refractivity contribution in [1.82, 2.24) is 10.2 Å². The van der Waals surface area contributed by atoms with Crippen LogP contribution in [-0.2, 0) is 11.3 Å². The molecule has 0 saturated heterocycles. The summed E-state index contributed by atoms with van der Waals surface area (Å²) in [4.78, 5) is 26.9. The smallest absolute Gasteiger partial charge is 0.251 e. The summed E-state index contributed by atoms with van der Waals surface area (Å²) in [6.07, 6.45) is 5.43. The third-order valence-corrected chi connectivity index (χ3v) is 5.23. The summed E-state index contributed by atoms with van der Waals surface area (Å²) in [5.74, 6) is -0.0581. The van der Waals surface area contributed by atoms with Crippen LogP contribution in [0.4, 0.5) is 0 Å². The van der Waals surface area contributed by atoms with Crippen molar-refractivity contribution in [2.75, 3.05) is 13.1 Å². The number of nitrogens with zero attached hydrogens (tertiary/aromatic N) is 1. The molecule has 1 amide bonds. The van der Waals surface area contributed by atoms with Gasteiger partial charge < -0.3 is 10.2 Å². The Kier molecular flexibility index (Phi) is 6.38. The third-order valence-electron chi connectivity index (χ3n) is 5.23. The van der Waals surface area contributed by atoms with Gasteiger partial charge in [-0.1, -0.05) is 91.0 Å². The summed E-state index contributed by atoms with van der Waals surface area (Å²) in [7, 11) is 0. The van der Waals surface area contributed by atoms with Crippen LogP contribution in [0.25, 0.3) is 11.1 Å². The highest BCUT2D eigenvalue weighted by molar-refractivity contribution is 5.98. The Labute approximate surface area is 182 Å². The van der Waals surface area contributed by atoms with Gasteiger partial charge in [0.15, 0.2) is 5.78 Å². The van der Waals surface area contributed by atoms with Crippen molar-refractivity contribution in [3.63, 3.8) is 0 Å². The number of hydrogen-bond acceptors (Lipinski definition) is 3. The largest absolute Gasteiger partial charge is 0.366 e. The second-order valence-electron chi connectivity index (χ2n) is 7.44. The lowest BCUT2D eigenvalue weighted by atomic mass is 10.0. The molecule has 3 aromatic rings. The van der Waals surface area contributed by atoms with Crippen molar-refractivity contribution in [3.8, 4) is 11.1 Å². The van der Waals surface area contributed by atoms with Gasteiger partial charge in [-0.05, 0) is 22.8 Å². The van der Waals surface area contributed by atoms with Crippen LogP contribution in [0.2, 0.25) is 0 Å². The SMILES string of the molecule is O=C(NCc1ccccc1)C1=CCN(CC(=O)c2ccc(-c3ccccc3)cc2)C=C1. The van der Waals surface area contributed by atoms with Gasteiger partial charge in [0, 0.05) is 30.4 Å². The monoisotopic (exact) mass is 408 g/mol. The fourth-order valence-electron chi connectivity index (χ4n) is 3.45. The number of carbonyl (C=O) groups is 2. The van der Waals surface area contributed by atoms with Crippen LogP contribution in [-0.4, -0.2) is 29.7 Å². The zero-order chi connectivity index (χ0) is 21.5. The van der Waals surface area contributed by atoms with Crippen molar-refractivity contribution in [2.45, 2.75) is 6.54 Å². The Morgan fingerprint density at radius 2 is 1.45 bits per heavy atom. The zero-order valence-corrected chi connectivity index (χ0v) is 17.2. The molecule has 4 rings (SSSR count). The van der Waals surface area contributed by atoms with E-state index in [9.17, 15) is 9.59 Å². The molecule has 0 aromatic heterocycles. The number of rotatable bonds is 7. The molecule has 0 fully saturated rings. The topological polar surface area (TPSA) is 49.4 Å². The Balaban J connectivity index is 1.29. The number of nitrogens with one attached hydrogen (secondary N) is 1. The van der Waals surface area contributed by atoms with E-state index >= 15 is 0 Å². The molecule has 1 heterocycles. The van der Waals surface area contributed by atoms with Gasteiger partial charge in [-0.2, -0.15) is 0 Å². The number of amides is 1. The molecule has 31 heavy (non-hydrogen) atoms. The van der Waals surface area contributed by atoms with Crippen molar-refractivity contribution in [1.29, 1.82) is 0 Å². The van der Waals surface area contributed by atoms with Gasteiger partial charge in [0.25, 0.3) is 5.91 Å². The van der Waals surface area contributed by atoms with Crippen LogP contribution in [0.3, 0.4) is 0 Å². The first-order valence-corrected chi connectivity index (χ1v) is 10.3.